The van der Waals surface area contributed by atoms with Gasteiger partial charge in [0.1, 0.15) is 0 Å². The molecule has 0 saturated heterocycles. The maximum Gasteiger partial charge on any atom is 0.311 e. The van der Waals surface area contributed by atoms with E-state index in [1.807, 2.05) is 13.8 Å². The highest BCUT2D eigenvalue weighted by Crippen LogP contribution is 2.52. The fraction of sp³-hybridized carbons (Fsp3) is 0.800. The van der Waals surface area contributed by atoms with Crippen molar-refractivity contribution in [3.8, 4) is 0 Å². The fourth-order valence-corrected chi connectivity index (χ4v) is 1.97. The van der Waals surface area contributed by atoms with Gasteiger partial charge in [0, 0.05) is 11.5 Å². The van der Waals surface area contributed by atoms with Crippen LogP contribution in [0.2, 0.25) is 0 Å². The maximum absolute atomic E-state index is 11.6. The molecule has 1 N–H and O–H groups in total. The number of carbonyl (C=O) groups is 2. The van der Waals surface area contributed by atoms with Crippen molar-refractivity contribution in [1.29, 1.82) is 0 Å². The van der Waals surface area contributed by atoms with E-state index in [4.69, 9.17) is 39.5 Å². The van der Waals surface area contributed by atoms with E-state index in [2.05, 4.69) is 5.32 Å². The second kappa shape index (κ2) is 4.82. The highest BCUT2D eigenvalue weighted by molar-refractivity contribution is 6.76. The Hall–Kier alpha value is -0.190. The van der Waals surface area contributed by atoms with Crippen molar-refractivity contribution in [2.24, 2.45) is 11.3 Å². The predicted molar refractivity (Wildman–Crippen MR) is 66.1 cm³/mol. The van der Waals surface area contributed by atoms with Gasteiger partial charge >= 0.3 is 5.97 Å². The lowest BCUT2D eigenvalue weighted by atomic mass is 10.1. The molecule has 1 aliphatic rings. The van der Waals surface area contributed by atoms with Crippen LogP contribution < -0.4 is 5.32 Å². The van der Waals surface area contributed by atoms with Crippen LogP contribution >= 0.6 is 34.8 Å². The third-order valence-electron chi connectivity index (χ3n) is 2.91. The van der Waals surface area contributed by atoms with Gasteiger partial charge < -0.3 is 10.1 Å². The SMILES string of the molecule is CCOC(=O)[C@@H]1[C@@H](NC(=O)C(Cl)(Cl)Cl)C1(C)C. The monoisotopic (exact) mass is 301 g/mol. The molecule has 0 aromatic rings. The molecule has 0 spiro atoms. The summed E-state index contributed by atoms with van der Waals surface area (Å²) in [6.07, 6.45) is 0. The van der Waals surface area contributed by atoms with Crippen LogP contribution in [0, 0.1) is 11.3 Å². The van der Waals surface area contributed by atoms with Crippen LogP contribution in [0.5, 0.6) is 0 Å². The van der Waals surface area contributed by atoms with Crippen molar-refractivity contribution < 1.29 is 14.3 Å². The highest BCUT2D eigenvalue weighted by Gasteiger charge is 2.64. The molecular weight excluding hydrogens is 288 g/mol. The number of alkyl halides is 3. The summed E-state index contributed by atoms with van der Waals surface area (Å²) in [5, 5.41) is 2.54. The maximum atomic E-state index is 11.6. The van der Waals surface area contributed by atoms with Crippen LogP contribution in [0.4, 0.5) is 0 Å². The molecule has 98 valence electrons. The third kappa shape index (κ3) is 3.18. The molecule has 1 aliphatic carbocycles. The Morgan fingerprint density at radius 1 is 1.35 bits per heavy atom. The lowest BCUT2D eigenvalue weighted by Gasteiger charge is -2.11. The van der Waals surface area contributed by atoms with Crippen molar-refractivity contribution >= 4 is 46.7 Å². The van der Waals surface area contributed by atoms with Crippen molar-refractivity contribution in [3.63, 3.8) is 0 Å². The minimum absolute atomic E-state index is 0.302. The summed E-state index contributed by atoms with van der Waals surface area (Å²) in [5.74, 6) is -1.46. The molecule has 0 radical (unpaired) electrons. The van der Waals surface area contributed by atoms with E-state index in [0.29, 0.717) is 6.61 Å². The summed E-state index contributed by atoms with van der Waals surface area (Å²) in [4.78, 5) is 23.1. The predicted octanol–water partition coefficient (Wildman–Crippen LogP) is 2.06. The first kappa shape index (κ1) is 14.9. The van der Waals surface area contributed by atoms with Crippen LogP contribution in [0.1, 0.15) is 20.8 Å². The normalized spacial score (nSPS) is 26.2. The number of rotatable bonds is 3. The Bertz CT molecular complexity index is 338. The van der Waals surface area contributed by atoms with Crippen molar-refractivity contribution in [2.75, 3.05) is 6.61 Å². The topological polar surface area (TPSA) is 55.4 Å². The first-order chi connectivity index (χ1) is 7.62. The summed E-state index contributed by atoms with van der Waals surface area (Å²) in [6, 6.07) is -0.357. The molecule has 2 atom stereocenters. The second-order valence-electron chi connectivity index (χ2n) is 4.50. The van der Waals surface area contributed by atoms with Gasteiger partial charge in [-0.2, -0.15) is 0 Å². The van der Waals surface area contributed by atoms with E-state index in [-0.39, 0.29) is 17.4 Å². The molecule has 1 saturated carbocycles. The minimum atomic E-state index is -2.02. The number of hydrogen-bond donors (Lipinski definition) is 1. The average Bonchev–Trinajstić information content (AvgIpc) is 2.67. The molecule has 17 heavy (non-hydrogen) atoms. The van der Waals surface area contributed by atoms with Crippen molar-refractivity contribution in [1.82, 2.24) is 5.32 Å². The molecule has 0 heterocycles. The molecular formula is C10H14Cl3NO3. The Kier molecular flexibility index (Phi) is 4.22. The second-order valence-corrected chi connectivity index (χ2v) is 6.78. The summed E-state index contributed by atoms with van der Waals surface area (Å²) >= 11 is 16.3. The van der Waals surface area contributed by atoms with E-state index in [9.17, 15) is 9.59 Å². The summed E-state index contributed by atoms with van der Waals surface area (Å²) in [7, 11) is 0. The zero-order chi connectivity index (χ0) is 13.4. The molecule has 0 aromatic carbocycles. The van der Waals surface area contributed by atoms with Gasteiger partial charge in [-0.1, -0.05) is 48.7 Å². The highest BCUT2D eigenvalue weighted by atomic mass is 35.6. The number of hydrogen-bond acceptors (Lipinski definition) is 3. The molecule has 0 bridgehead atoms. The standard InChI is InChI=1S/C10H14Cl3NO3/c1-4-17-7(15)5-6(9(5,2)3)14-8(16)10(11,12)13/h5-6H,4H2,1-3H3,(H,14,16)/t5-,6+/m0/s1. The minimum Gasteiger partial charge on any atom is -0.466 e. The smallest absolute Gasteiger partial charge is 0.311 e. The summed E-state index contributed by atoms with van der Waals surface area (Å²) in [6.45, 7) is 5.72. The van der Waals surface area contributed by atoms with Gasteiger partial charge in [0.15, 0.2) is 0 Å². The van der Waals surface area contributed by atoms with Crippen LogP contribution in [0.15, 0.2) is 0 Å². The molecule has 7 heteroatoms. The van der Waals surface area contributed by atoms with Crippen molar-refractivity contribution in [2.45, 2.75) is 30.6 Å². The van der Waals surface area contributed by atoms with Crippen LogP contribution in [0.3, 0.4) is 0 Å². The third-order valence-corrected chi connectivity index (χ3v) is 3.43. The molecule has 0 aromatic heterocycles. The Balaban J connectivity index is 2.63. The Morgan fingerprint density at radius 2 is 1.88 bits per heavy atom. The van der Waals surface area contributed by atoms with Crippen molar-refractivity contribution in [3.05, 3.63) is 0 Å². The fourth-order valence-electron chi connectivity index (χ4n) is 1.80. The first-order valence-electron chi connectivity index (χ1n) is 5.16. The van der Waals surface area contributed by atoms with E-state index in [0.717, 1.165) is 0 Å². The lowest BCUT2D eigenvalue weighted by molar-refractivity contribution is -0.145. The number of carbonyl (C=O) groups excluding carboxylic acids is 2. The van der Waals surface area contributed by atoms with Gasteiger partial charge in [0.2, 0.25) is 0 Å². The van der Waals surface area contributed by atoms with Gasteiger partial charge in [-0.15, -0.1) is 0 Å². The van der Waals surface area contributed by atoms with E-state index in [1.165, 1.54) is 0 Å². The van der Waals surface area contributed by atoms with Crippen LogP contribution in [-0.4, -0.2) is 28.3 Å². The number of halogens is 3. The molecule has 0 unspecified atom stereocenters. The zero-order valence-electron chi connectivity index (χ0n) is 9.72. The largest absolute Gasteiger partial charge is 0.466 e. The number of amides is 1. The number of ether oxygens (including phenoxy) is 1. The zero-order valence-corrected chi connectivity index (χ0v) is 12.0. The van der Waals surface area contributed by atoms with Gasteiger partial charge in [0.05, 0.1) is 12.5 Å². The molecule has 1 fully saturated rings. The number of nitrogens with one attached hydrogen (secondary N) is 1. The van der Waals surface area contributed by atoms with Gasteiger partial charge in [0.25, 0.3) is 9.70 Å². The van der Waals surface area contributed by atoms with Gasteiger partial charge in [-0.05, 0) is 6.92 Å². The Labute approximate surface area is 115 Å². The lowest BCUT2D eigenvalue weighted by Crippen LogP contribution is -2.38. The van der Waals surface area contributed by atoms with Gasteiger partial charge in [-0.3, -0.25) is 9.59 Å². The number of esters is 1. The van der Waals surface area contributed by atoms with Crippen LogP contribution in [-0.2, 0) is 14.3 Å². The van der Waals surface area contributed by atoms with Gasteiger partial charge in [-0.25, -0.2) is 0 Å². The Morgan fingerprint density at radius 3 is 2.29 bits per heavy atom. The molecule has 1 amide bonds. The van der Waals surface area contributed by atoms with E-state index < -0.39 is 15.6 Å². The van der Waals surface area contributed by atoms with E-state index >= 15 is 0 Å². The summed E-state index contributed by atoms with van der Waals surface area (Å²) < 4.78 is 2.89. The molecule has 4 nitrogen and oxygen atoms in total. The van der Waals surface area contributed by atoms with E-state index in [1.54, 1.807) is 6.92 Å². The first-order valence-corrected chi connectivity index (χ1v) is 6.30. The van der Waals surface area contributed by atoms with Crippen LogP contribution in [0.25, 0.3) is 0 Å². The molecule has 0 aliphatic heterocycles. The average molecular weight is 303 g/mol. The molecule has 1 rings (SSSR count). The quantitative estimate of drug-likeness (QED) is 0.641. The summed E-state index contributed by atoms with van der Waals surface area (Å²) in [5.41, 5.74) is -0.377.